The van der Waals surface area contributed by atoms with E-state index >= 15 is 0 Å². The van der Waals surface area contributed by atoms with Crippen molar-refractivity contribution >= 4 is 0 Å². The van der Waals surface area contributed by atoms with E-state index in [0.717, 1.165) is 169 Å². The monoisotopic (exact) mass is 1110 g/mol. The van der Waals surface area contributed by atoms with E-state index in [-0.39, 0.29) is 0 Å². The first kappa shape index (κ1) is 62.4. The van der Waals surface area contributed by atoms with E-state index in [1.165, 1.54) is 16.7 Å². The number of aliphatic hydroxyl groups is 3. The molecule has 81 heavy (non-hydrogen) atoms. The van der Waals surface area contributed by atoms with Crippen molar-refractivity contribution in [2.45, 2.75) is 56.8 Å². The maximum atomic E-state index is 10.3. The number of ether oxygens (including phenoxy) is 9. The standard InChI is InChI=1S/3C22H29NO4/c3*1-25-21-10-7-18(8-11-21)6-9-19-4-2-3-5-22(19)27-17-20(24)16-23-12-14-26-15-13-23/h3*2-5,7-8,10-11,20,24H,6,9,12-17H2,1H3/t2*20-;/m10./s1. The van der Waals surface area contributed by atoms with Crippen molar-refractivity contribution in [3.05, 3.63) is 179 Å². The van der Waals surface area contributed by atoms with Gasteiger partial charge in [0.15, 0.2) is 0 Å². The number of rotatable bonds is 27. The van der Waals surface area contributed by atoms with Gasteiger partial charge in [-0.15, -0.1) is 0 Å². The molecule has 6 aromatic rings. The molecule has 438 valence electrons. The molecule has 1 unspecified atom stereocenters. The molecule has 6 aromatic carbocycles. The fourth-order valence-corrected chi connectivity index (χ4v) is 9.73. The van der Waals surface area contributed by atoms with Gasteiger partial charge < -0.3 is 58.0 Å². The molecule has 3 aliphatic rings. The zero-order valence-corrected chi connectivity index (χ0v) is 47.9. The minimum atomic E-state index is -0.502. The molecule has 0 saturated carbocycles. The lowest BCUT2D eigenvalue weighted by molar-refractivity contribution is 0.00444. The summed E-state index contributed by atoms with van der Waals surface area (Å²) in [5.74, 6) is 5.18. The normalized spacial score (nSPS) is 16.1. The highest BCUT2D eigenvalue weighted by molar-refractivity contribution is 5.38. The summed E-state index contributed by atoms with van der Waals surface area (Å²) in [6, 6.07) is 48.7. The molecule has 0 aromatic heterocycles. The summed E-state index contributed by atoms with van der Waals surface area (Å²) >= 11 is 0. The lowest BCUT2D eigenvalue weighted by Gasteiger charge is -2.28. The first-order chi connectivity index (χ1) is 39.7. The summed E-state index contributed by atoms with van der Waals surface area (Å²) in [7, 11) is 5.03. The Morgan fingerprint density at radius 2 is 0.593 bits per heavy atom. The van der Waals surface area contributed by atoms with E-state index in [0.29, 0.717) is 39.5 Å². The second kappa shape index (κ2) is 35.6. The fourth-order valence-electron chi connectivity index (χ4n) is 9.73. The lowest BCUT2D eigenvalue weighted by atomic mass is 10.0. The van der Waals surface area contributed by atoms with Crippen molar-refractivity contribution in [2.24, 2.45) is 0 Å². The Morgan fingerprint density at radius 3 is 0.840 bits per heavy atom. The van der Waals surface area contributed by atoms with Gasteiger partial charge in [0, 0.05) is 58.9 Å². The van der Waals surface area contributed by atoms with Gasteiger partial charge in [-0.3, -0.25) is 14.7 Å². The molecule has 0 spiro atoms. The van der Waals surface area contributed by atoms with Gasteiger partial charge in [-0.25, -0.2) is 0 Å². The van der Waals surface area contributed by atoms with Gasteiger partial charge in [-0.2, -0.15) is 0 Å². The number of morpholine rings is 3. The number of hydrogen-bond donors (Lipinski definition) is 3. The predicted octanol–water partition coefficient (Wildman–Crippen LogP) is 7.66. The molecule has 3 fully saturated rings. The van der Waals surface area contributed by atoms with Gasteiger partial charge in [0.05, 0.1) is 61.0 Å². The van der Waals surface area contributed by atoms with Crippen LogP contribution in [0.5, 0.6) is 34.5 Å². The van der Waals surface area contributed by atoms with Crippen LogP contribution >= 0.6 is 0 Å². The highest BCUT2D eigenvalue weighted by Crippen LogP contribution is 2.25. The van der Waals surface area contributed by atoms with Crippen LogP contribution in [0.1, 0.15) is 33.4 Å². The van der Waals surface area contributed by atoms with Crippen molar-refractivity contribution < 1.29 is 58.0 Å². The molecule has 9 rings (SSSR count). The Bertz CT molecular complexity index is 2340. The van der Waals surface area contributed by atoms with Crippen molar-refractivity contribution in [3.8, 4) is 34.5 Å². The second-order valence-corrected chi connectivity index (χ2v) is 20.5. The molecule has 0 radical (unpaired) electrons. The Balaban J connectivity index is 0.000000175. The summed E-state index contributed by atoms with van der Waals surface area (Å²) < 4.78 is 49.5. The van der Waals surface area contributed by atoms with Crippen LogP contribution in [0, 0.1) is 0 Å². The van der Waals surface area contributed by atoms with Crippen LogP contribution in [0.2, 0.25) is 0 Å². The van der Waals surface area contributed by atoms with Crippen LogP contribution in [0.15, 0.2) is 146 Å². The van der Waals surface area contributed by atoms with E-state index < -0.39 is 18.3 Å². The quantitative estimate of drug-likeness (QED) is 0.0463. The van der Waals surface area contributed by atoms with Gasteiger partial charge in [0.2, 0.25) is 0 Å². The number of β-amino-alcohol motifs (C(OH)–C–C–N with tert-alkyl or cyclic N) is 3. The van der Waals surface area contributed by atoms with E-state index in [2.05, 4.69) is 69.3 Å². The van der Waals surface area contributed by atoms with Crippen molar-refractivity contribution in [3.63, 3.8) is 0 Å². The molecule has 0 amide bonds. The Kier molecular flexibility index (Phi) is 27.4. The summed E-state index contributed by atoms with van der Waals surface area (Å²) in [5.41, 5.74) is 7.26. The highest BCUT2D eigenvalue weighted by Gasteiger charge is 2.19. The van der Waals surface area contributed by atoms with Crippen molar-refractivity contribution in [2.75, 3.05) is 140 Å². The van der Waals surface area contributed by atoms with Gasteiger partial charge in [0.1, 0.15) is 72.6 Å². The molecular weight excluding hydrogens is 1030 g/mol. The molecule has 3 aliphatic heterocycles. The molecule has 3 N–H and O–H groups in total. The smallest absolute Gasteiger partial charge is 0.122 e. The van der Waals surface area contributed by atoms with Crippen LogP contribution in [-0.4, -0.2) is 188 Å². The van der Waals surface area contributed by atoms with E-state index in [1.54, 1.807) is 21.3 Å². The third kappa shape index (κ3) is 22.9. The number of methoxy groups -OCH3 is 3. The van der Waals surface area contributed by atoms with Crippen molar-refractivity contribution in [1.82, 2.24) is 14.7 Å². The number of aliphatic hydroxyl groups excluding tert-OH is 3. The van der Waals surface area contributed by atoms with Gasteiger partial charge in [-0.05, 0) is 127 Å². The molecule has 3 atom stereocenters. The first-order valence-electron chi connectivity index (χ1n) is 28.7. The predicted molar refractivity (Wildman–Crippen MR) is 317 cm³/mol. The first-order valence-corrected chi connectivity index (χ1v) is 28.7. The fraction of sp³-hybridized carbons (Fsp3) is 0.455. The molecule has 15 heteroatoms. The summed E-state index contributed by atoms with van der Waals surface area (Å²) in [6.07, 6.45) is 3.96. The Morgan fingerprint density at radius 1 is 0.346 bits per heavy atom. The average molecular weight is 1110 g/mol. The van der Waals surface area contributed by atoms with Crippen LogP contribution in [0.25, 0.3) is 0 Å². The average Bonchev–Trinajstić information content (AvgIpc) is 3.52. The maximum absolute atomic E-state index is 10.3. The summed E-state index contributed by atoms with van der Waals surface area (Å²) in [4.78, 5) is 6.65. The van der Waals surface area contributed by atoms with Gasteiger partial charge >= 0.3 is 0 Å². The zero-order valence-electron chi connectivity index (χ0n) is 47.9. The van der Waals surface area contributed by atoms with E-state index in [9.17, 15) is 15.3 Å². The SMILES string of the molecule is COc1ccc(CCc2ccccc2OCC(O)CN2CCOCC2)cc1.COc1ccc(CCc2ccccc2OC[C@@H](O)CN2CCOCC2)cc1.COc1ccc(CCc2ccccc2OC[C@H](O)CN2CCOCC2)cc1. The molecular formula is C66H87N3O12. The number of nitrogens with zero attached hydrogens (tertiary/aromatic N) is 3. The molecule has 0 aliphatic carbocycles. The Labute approximate surface area is 480 Å². The van der Waals surface area contributed by atoms with Crippen LogP contribution in [0.4, 0.5) is 0 Å². The third-order valence-corrected chi connectivity index (χ3v) is 14.5. The van der Waals surface area contributed by atoms with E-state index in [4.69, 9.17) is 42.6 Å². The third-order valence-electron chi connectivity index (χ3n) is 14.5. The number of benzene rings is 6. The van der Waals surface area contributed by atoms with Gasteiger partial charge in [-0.1, -0.05) is 91.0 Å². The topological polar surface area (TPSA) is 153 Å². The highest BCUT2D eigenvalue weighted by atomic mass is 16.5. The lowest BCUT2D eigenvalue weighted by Crippen LogP contribution is -2.42. The van der Waals surface area contributed by atoms with Crippen LogP contribution in [0.3, 0.4) is 0 Å². The maximum Gasteiger partial charge on any atom is 0.122 e. The molecule has 3 heterocycles. The van der Waals surface area contributed by atoms with Crippen molar-refractivity contribution in [1.29, 1.82) is 0 Å². The Hall–Kier alpha value is -6.24. The van der Waals surface area contributed by atoms with Crippen LogP contribution in [-0.2, 0) is 52.7 Å². The molecule has 3 saturated heterocycles. The largest absolute Gasteiger partial charge is 0.497 e. The zero-order chi connectivity index (χ0) is 56.7. The minimum Gasteiger partial charge on any atom is -0.497 e. The molecule has 0 bridgehead atoms. The van der Waals surface area contributed by atoms with Crippen LogP contribution < -0.4 is 28.4 Å². The van der Waals surface area contributed by atoms with Gasteiger partial charge in [0.25, 0.3) is 0 Å². The second-order valence-electron chi connectivity index (χ2n) is 20.5. The number of para-hydroxylation sites is 3. The number of aryl methyl sites for hydroxylation is 6. The number of hydrogen-bond acceptors (Lipinski definition) is 15. The molecule has 15 nitrogen and oxygen atoms in total. The minimum absolute atomic E-state index is 0.302. The summed E-state index contributed by atoms with van der Waals surface area (Å²) in [6.45, 7) is 12.4. The van der Waals surface area contributed by atoms with E-state index in [1.807, 2.05) is 91.0 Å². The summed E-state index contributed by atoms with van der Waals surface area (Å²) in [5, 5.41) is 30.9.